The number of carbonyl (C=O) groups is 1. The zero-order chi connectivity index (χ0) is 18.2. The average molecular weight is 360 g/mol. The van der Waals surface area contributed by atoms with E-state index < -0.39 is 11.0 Å². The number of hydrogen-bond acceptors (Lipinski definition) is 5. The van der Waals surface area contributed by atoms with Gasteiger partial charge in [-0.25, -0.2) is 0 Å². The van der Waals surface area contributed by atoms with E-state index in [9.17, 15) is 20.0 Å². The molecule has 7 heteroatoms. The number of carbonyl (C=O) groups excluding carboxylic acids is 1. The van der Waals surface area contributed by atoms with E-state index >= 15 is 0 Å². The van der Waals surface area contributed by atoms with Crippen LogP contribution in [0.3, 0.4) is 0 Å². The second-order valence-electron chi connectivity index (χ2n) is 5.58. The van der Waals surface area contributed by atoms with Crippen LogP contribution in [-0.4, -0.2) is 27.4 Å². The van der Waals surface area contributed by atoms with Crippen molar-refractivity contribution in [3.8, 4) is 0 Å². The smallest absolute Gasteiger partial charge is 0.269 e. The summed E-state index contributed by atoms with van der Waals surface area (Å²) in [5, 5.41) is 23.7. The van der Waals surface area contributed by atoms with Crippen molar-refractivity contribution >= 4 is 23.4 Å². The lowest BCUT2D eigenvalue weighted by Gasteiger charge is -2.15. The Kier molecular flexibility index (Phi) is 6.97. The van der Waals surface area contributed by atoms with E-state index in [-0.39, 0.29) is 23.4 Å². The predicted molar refractivity (Wildman–Crippen MR) is 98.4 cm³/mol. The van der Waals surface area contributed by atoms with E-state index in [4.69, 9.17) is 0 Å². The summed E-state index contributed by atoms with van der Waals surface area (Å²) in [6, 6.07) is 15.2. The van der Waals surface area contributed by atoms with Gasteiger partial charge in [-0.05, 0) is 18.1 Å². The summed E-state index contributed by atoms with van der Waals surface area (Å²) in [6.45, 7) is 1.78. The molecule has 132 valence electrons. The number of thioether (sulfide) groups is 1. The number of benzene rings is 2. The lowest BCUT2D eigenvalue weighted by molar-refractivity contribution is -0.384. The second-order valence-corrected chi connectivity index (χ2v) is 6.61. The van der Waals surface area contributed by atoms with Crippen molar-refractivity contribution in [2.45, 2.75) is 19.1 Å². The molecular weight excluding hydrogens is 340 g/mol. The molecule has 0 aliphatic carbocycles. The van der Waals surface area contributed by atoms with Crippen LogP contribution < -0.4 is 5.32 Å². The molecule has 25 heavy (non-hydrogen) atoms. The maximum Gasteiger partial charge on any atom is 0.269 e. The summed E-state index contributed by atoms with van der Waals surface area (Å²) in [7, 11) is 0. The van der Waals surface area contributed by atoms with Crippen LogP contribution in [-0.2, 0) is 4.79 Å². The fourth-order valence-electron chi connectivity index (χ4n) is 2.31. The van der Waals surface area contributed by atoms with Gasteiger partial charge < -0.3 is 10.4 Å². The molecule has 2 aromatic carbocycles. The Balaban J connectivity index is 1.80. The van der Waals surface area contributed by atoms with E-state index in [0.29, 0.717) is 11.3 Å². The number of aliphatic hydroxyl groups excluding tert-OH is 1. The topological polar surface area (TPSA) is 92.5 Å². The molecule has 2 N–H and O–H groups in total. The van der Waals surface area contributed by atoms with Gasteiger partial charge in [0.1, 0.15) is 0 Å². The largest absolute Gasteiger partial charge is 0.388 e. The molecule has 2 rings (SSSR count). The number of nitrogens with zero attached hydrogens (tertiary/aromatic N) is 1. The maximum atomic E-state index is 12.0. The van der Waals surface area contributed by atoms with Crippen molar-refractivity contribution in [3.05, 3.63) is 75.8 Å². The Hall–Kier alpha value is -2.38. The van der Waals surface area contributed by atoms with Crippen LogP contribution in [0.15, 0.2) is 54.6 Å². The summed E-state index contributed by atoms with van der Waals surface area (Å²) >= 11 is 1.34. The number of nitrogens with one attached hydrogen (secondary N) is 1. The molecule has 0 aromatic heterocycles. The minimum atomic E-state index is -0.617. The van der Waals surface area contributed by atoms with Crippen LogP contribution in [0.1, 0.15) is 30.2 Å². The van der Waals surface area contributed by atoms with Gasteiger partial charge in [-0.3, -0.25) is 14.9 Å². The average Bonchev–Trinajstić information content (AvgIpc) is 2.62. The molecule has 1 amide bonds. The first-order chi connectivity index (χ1) is 12.0. The lowest BCUT2D eigenvalue weighted by atomic mass is 10.1. The van der Waals surface area contributed by atoms with E-state index in [1.54, 1.807) is 19.1 Å². The van der Waals surface area contributed by atoms with Crippen molar-refractivity contribution in [2.75, 3.05) is 11.5 Å². The molecule has 6 nitrogen and oxygen atoms in total. The van der Waals surface area contributed by atoms with Crippen molar-refractivity contribution < 1.29 is 14.8 Å². The number of nitro groups is 1. The molecule has 2 aromatic rings. The monoisotopic (exact) mass is 360 g/mol. The SMILES string of the molecule is CC(NC(=O)CSCC(O)c1ccccc1)c1cccc([N+](=O)[O-])c1. The van der Waals surface area contributed by atoms with Gasteiger partial charge in [-0.1, -0.05) is 42.5 Å². The summed E-state index contributed by atoms with van der Waals surface area (Å²) in [4.78, 5) is 22.4. The van der Waals surface area contributed by atoms with Gasteiger partial charge in [0, 0.05) is 17.9 Å². The third-order valence-electron chi connectivity index (χ3n) is 3.65. The van der Waals surface area contributed by atoms with Crippen LogP contribution in [0.25, 0.3) is 0 Å². The fraction of sp³-hybridized carbons (Fsp3) is 0.278. The molecule has 2 atom stereocenters. The zero-order valence-corrected chi connectivity index (χ0v) is 14.6. The van der Waals surface area contributed by atoms with Gasteiger partial charge in [0.2, 0.25) is 5.91 Å². The first kappa shape index (κ1) is 19.0. The first-order valence-electron chi connectivity index (χ1n) is 7.82. The summed E-state index contributed by atoms with van der Waals surface area (Å²) in [5.41, 5.74) is 1.50. The normalized spacial score (nSPS) is 13.0. The third-order valence-corrected chi connectivity index (χ3v) is 4.67. The van der Waals surface area contributed by atoms with Gasteiger partial charge in [-0.2, -0.15) is 0 Å². The molecule has 2 unspecified atom stereocenters. The third kappa shape index (κ3) is 5.88. The maximum absolute atomic E-state index is 12.0. The summed E-state index contributed by atoms with van der Waals surface area (Å²) in [5.74, 6) is 0.454. The number of rotatable bonds is 8. The fourth-order valence-corrected chi connectivity index (χ4v) is 3.11. The highest BCUT2D eigenvalue weighted by Crippen LogP contribution is 2.20. The van der Waals surface area contributed by atoms with Crippen LogP contribution in [0.5, 0.6) is 0 Å². The summed E-state index contributed by atoms with van der Waals surface area (Å²) < 4.78 is 0. The van der Waals surface area contributed by atoms with E-state index in [0.717, 1.165) is 5.56 Å². The standard InChI is InChI=1S/C18H20N2O4S/c1-13(15-8-5-9-16(10-15)20(23)24)19-18(22)12-25-11-17(21)14-6-3-2-4-7-14/h2-10,13,17,21H,11-12H2,1H3,(H,19,22). The number of aliphatic hydroxyl groups is 1. The van der Waals surface area contributed by atoms with Crippen LogP contribution >= 0.6 is 11.8 Å². The van der Waals surface area contributed by atoms with Crippen molar-refractivity contribution in [1.29, 1.82) is 0 Å². The highest BCUT2D eigenvalue weighted by Gasteiger charge is 2.14. The van der Waals surface area contributed by atoms with E-state index in [1.165, 1.54) is 23.9 Å². The molecule has 0 spiro atoms. The Morgan fingerprint density at radius 3 is 2.56 bits per heavy atom. The van der Waals surface area contributed by atoms with Crippen LogP contribution in [0, 0.1) is 10.1 Å². The highest BCUT2D eigenvalue weighted by molar-refractivity contribution is 7.99. The Labute approximate surface area is 150 Å². The first-order valence-corrected chi connectivity index (χ1v) is 8.97. The molecule has 0 saturated carbocycles. The number of amides is 1. The van der Waals surface area contributed by atoms with Crippen molar-refractivity contribution in [2.24, 2.45) is 0 Å². The minimum Gasteiger partial charge on any atom is -0.388 e. The zero-order valence-electron chi connectivity index (χ0n) is 13.8. The second kappa shape index (κ2) is 9.19. The van der Waals surface area contributed by atoms with E-state index in [2.05, 4.69) is 5.32 Å². The van der Waals surface area contributed by atoms with Crippen molar-refractivity contribution in [1.82, 2.24) is 5.32 Å². The number of non-ortho nitro benzene ring substituents is 1. The van der Waals surface area contributed by atoms with Gasteiger partial charge >= 0.3 is 0 Å². The van der Waals surface area contributed by atoms with Gasteiger partial charge in [0.25, 0.3) is 5.69 Å². The molecule has 0 radical (unpaired) electrons. The number of nitro benzene ring substituents is 1. The predicted octanol–water partition coefficient (Wildman–Crippen LogP) is 3.24. The molecule has 0 heterocycles. The lowest BCUT2D eigenvalue weighted by Crippen LogP contribution is -2.28. The Bertz CT molecular complexity index is 724. The Morgan fingerprint density at radius 2 is 1.88 bits per heavy atom. The molecule has 0 aliphatic heterocycles. The minimum absolute atomic E-state index is 0.000965. The highest BCUT2D eigenvalue weighted by atomic mass is 32.2. The Morgan fingerprint density at radius 1 is 1.20 bits per heavy atom. The molecule has 0 aliphatic rings. The van der Waals surface area contributed by atoms with Crippen LogP contribution in [0.2, 0.25) is 0 Å². The van der Waals surface area contributed by atoms with Gasteiger partial charge in [0.05, 0.1) is 22.8 Å². The van der Waals surface area contributed by atoms with Crippen LogP contribution in [0.4, 0.5) is 5.69 Å². The number of hydrogen-bond donors (Lipinski definition) is 2. The van der Waals surface area contributed by atoms with E-state index in [1.807, 2.05) is 30.3 Å². The quantitative estimate of drug-likeness (QED) is 0.557. The van der Waals surface area contributed by atoms with Crippen molar-refractivity contribution in [3.63, 3.8) is 0 Å². The summed E-state index contributed by atoms with van der Waals surface area (Å²) in [6.07, 6.45) is -0.617. The van der Waals surface area contributed by atoms with Gasteiger partial charge in [0.15, 0.2) is 0 Å². The molecule has 0 fully saturated rings. The molecule has 0 bridgehead atoms. The molecular formula is C18H20N2O4S. The molecule has 0 saturated heterocycles. The van der Waals surface area contributed by atoms with Gasteiger partial charge in [-0.15, -0.1) is 11.8 Å².